The van der Waals surface area contributed by atoms with Crippen LogP contribution >= 0.6 is 23.4 Å². The van der Waals surface area contributed by atoms with Crippen LogP contribution in [0.3, 0.4) is 0 Å². The van der Waals surface area contributed by atoms with Crippen LogP contribution in [0.2, 0.25) is 5.02 Å². The third kappa shape index (κ3) is 4.81. The van der Waals surface area contributed by atoms with E-state index in [2.05, 4.69) is 4.99 Å². The molecule has 2 aromatic carbocycles. The number of ether oxygens (including phenoxy) is 1. The number of carboxylic acids is 1. The van der Waals surface area contributed by atoms with Crippen LogP contribution < -0.4 is 4.74 Å². The Bertz CT molecular complexity index is 868. The molecule has 0 radical (unpaired) electrons. The third-order valence-corrected chi connectivity index (χ3v) is 5.39. The minimum Gasteiger partial charge on any atom is -0.497 e. The van der Waals surface area contributed by atoms with Crippen molar-refractivity contribution in [3.8, 4) is 5.75 Å². The van der Waals surface area contributed by atoms with E-state index in [-0.39, 0.29) is 12.3 Å². The molecule has 0 spiro atoms. The van der Waals surface area contributed by atoms with Crippen LogP contribution in [0.5, 0.6) is 5.75 Å². The van der Waals surface area contributed by atoms with Crippen molar-refractivity contribution in [1.29, 1.82) is 0 Å². The molecule has 6 nitrogen and oxygen atoms in total. The highest BCUT2D eigenvalue weighted by Gasteiger charge is 2.35. The molecular weight excluding hydrogens is 388 g/mol. The second-order valence-electron chi connectivity index (χ2n) is 5.85. The summed E-state index contributed by atoms with van der Waals surface area (Å²) in [6, 6.07) is 14.2. The van der Waals surface area contributed by atoms with Crippen LogP contribution in [0.25, 0.3) is 0 Å². The molecule has 1 heterocycles. The Morgan fingerprint density at radius 2 is 1.93 bits per heavy atom. The molecule has 1 atom stereocenters. The molecule has 27 heavy (non-hydrogen) atoms. The second kappa shape index (κ2) is 8.45. The summed E-state index contributed by atoms with van der Waals surface area (Å²) < 4.78 is 5.15. The summed E-state index contributed by atoms with van der Waals surface area (Å²) in [4.78, 5) is 30.0. The summed E-state index contributed by atoms with van der Waals surface area (Å²) in [7, 11) is 1.59. The van der Waals surface area contributed by atoms with E-state index < -0.39 is 11.2 Å². The van der Waals surface area contributed by atoms with Crippen molar-refractivity contribution in [2.45, 2.75) is 18.2 Å². The molecule has 0 aliphatic carbocycles. The number of carbonyl (C=O) groups excluding carboxylic acids is 1. The Morgan fingerprint density at radius 1 is 1.26 bits per heavy atom. The number of aliphatic carboxylic acids is 1. The first kappa shape index (κ1) is 19.3. The Balaban J connectivity index is 1.90. The van der Waals surface area contributed by atoms with Gasteiger partial charge in [0, 0.05) is 5.02 Å². The summed E-state index contributed by atoms with van der Waals surface area (Å²) >= 11 is 6.97. The van der Waals surface area contributed by atoms with E-state index >= 15 is 0 Å². The van der Waals surface area contributed by atoms with E-state index in [1.165, 1.54) is 4.90 Å². The quantitative estimate of drug-likeness (QED) is 0.816. The maximum absolute atomic E-state index is 12.6. The highest BCUT2D eigenvalue weighted by atomic mass is 35.5. The van der Waals surface area contributed by atoms with Gasteiger partial charge in [0.2, 0.25) is 5.91 Å². The highest BCUT2D eigenvalue weighted by molar-refractivity contribution is 8.15. The van der Waals surface area contributed by atoms with Gasteiger partial charge in [-0.2, -0.15) is 0 Å². The molecule has 8 heteroatoms. The van der Waals surface area contributed by atoms with Gasteiger partial charge in [-0.1, -0.05) is 35.5 Å². The lowest BCUT2D eigenvalue weighted by Crippen LogP contribution is -2.43. The van der Waals surface area contributed by atoms with Gasteiger partial charge in [-0.25, -0.2) is 4.99 Å². The Kier molecular flexibility index (Phi) is 6.03. The molecule has 1 amide bonds. The maximum Gasteiger partial charge on any atom is 0.317 e. The predicted molar refractivity (Wildman–Crippen MR) is 106 cm³/mol. The lowest BCUT2D eigenvalue weighted by atomic mass is 10.2. The lowest BCUT2D eigenvalue weighted by molar-refractivity contribution is -0.139. The van der Waals surface area contributed by atoms with Crippen LogP contribution in [0.4, 0.5) is 5.69 Å². The molecule has 140 valence electrons. The summed E-state index contributed by atoms with van der Waals surface area (Å²) in [6.07, 6.45) is -0.0736. The molecule has 1 fully saturated rings. The molecule has 1 aliphatic heterocycles. The number of carbonyl (C=O) groups is 2. The van der Waals surface area contributed by atoms with Crippen molar-refractivity contribution >= 4 is 46.1 Å². The maximum atomic E-state index is 12.6. The number of hydrogen-bond donors (Lipinski definition) is 1. The predicted octanol–water partition coefficient (Wildman–Crippen LogP) is 3.96. The molecule has 2 aromatic rings. The van der Waals surface area contributed by atoms with E-state index in [0.29, 0.717) is 22.4 Å². The van der Waals surface area contributed by atoms with Gasteiger partial charge in [0.25, 0.3) is 0 Å². The van der Waals surface area contributed by atoms with E-state index in [9.17, 15) is 14.7 Å². The molecular formula is C19H17ClN2O4S. The number of aliphatic imine (C=N–C) groups is 1. The normalized spacial score (nSPS) is 18.6. The van der Waals surface area contributed by atoms with Crippen LogP contribution in [-0.4, -0.2) is 39.4 Å². The molecule has 1 N–H and O–H groups in total. The summed E-state index contributed by atoms with van der Waals surface area (Å²) in [5.41, 5.74) is 1.49. The first-order valence-corrected chi connectivity index (χ1v) is 9.39. The smallest absolute Gasteiger partial charge is 0.317 e. The molecule has 0 aromatic heterocycles. The number of amidine groups is 1. The summed E-state index contributed by atoms with van der Waals surface area (Å²) in [5.74, 6) is -0.579. The molecule has 0 unspecified atom stereocenters. The zero-order valence-corrected chi connectivity index (χ0v) is 16.0. The van der Waals surface area contributed by atoms with Crippen molar-refractivity contribution in [3.05, 3.63) is 59.1 Å². The topological polar surface area (TPSA) is 79.2 Å². The number of hydrogen-bond acceptors (Lipinski definition) is 5. The minimum absolute atomic E-state index is 0.0736. The minimum atomic E-state index is -1.03. The Labute approximate surface area is 165 Å². The number of rotatable bonds is 5. The van der Waals surface area contributed by atoms with Crippen molar-refractivity contribution in [3.63, 3.8) is 0 Å². The van der Waals surface area contributed by atoms with Gasteiger partial charge in [0.15, 0.2) is 5.17 Å². The number of carboxylic acid groups (broad SMARTS) is 1. The molecule has 1 saturated heterocycles. The van der Waals surface area contributed by atoms with Gasteiger partial charge in [0.05, 0.1) is 25.8 Å². The van der Waals surface area contributed by atoms with Crippen LogP contribution in [-0.2, 0) is 16.1 Å². The number of benzene rings is 2. The van der Waals surface area contributed by atoms with Gasteiger partial charge in [-0.3, -0.25) is 14.5 Å². The van der Waals surface area contributed by atoms with Crippen LogP contribution in [0.15, 0.2) is 53.5 Å². The van der Waals surface area contributed by atoms with E-state index in [1.54, 1.807) is 31.4 Å². The molecule has 1 aliphatic rings. The third-order valence-electron chi connectivity index (χ3n) is 3.97. The zero-order chi connectivity index (χ0) is 19.4. The van der Waals surface area contributed by atoms with Crippen molar-refractivity contribution in [2.24, 2.45) is 4.99 Å². The van der Waals surface area contributed by atoms with Crippen molar-refractivity contribution in [2.75, 3.05) is 7.11 Å². The molecule has 3 rings (SSSR count). The average Bonchev–Trinajstić information content (AvgIpc) is 2.66. The lowest BCUT2D eigenvalue weighted by Gasteiger charge is -2.30. The van der Waals surface area contributed by atoms with E-state index in [1.807, 2.05) is 24.3 Å². The largest absolute Gasteiger partial charge is 0.497 e. The first-order chi connectivity index (χ1) is 13.0. The highest BCUT2D eigenvalue weighted by Crippen LogP contribution is 2.30. The van der Waals surface area contributed by atoms with Gasteiger partial charge in [-0.15, -0.1) is 0 Å². The zero-order valence-electron chi connectivity index (χ0n) is 14.5. The van der Waals surface area contributed by atoms with Gasteiger partial charge in [-0.05, 0) is 42.0 Å². The standard InChI is InChI=1S/C19H17ClN2O4S/c1-26-15-8-2-12(3-9-15)11-22-17(23)10-16(18(24)25)27-19(22)21-14-6-4-13(20)5-7-14/h2-9,16H,10-11H2,1H3,(H,24,25)/t16-/m0/s1. The Morgan fingerprint density at radius 3 is 2.52 bits per heavy atom. The summed E-state index contributed by atoms with van der Waals surface area (Å²) in [5, 5.41) is 9.41. The number of halogens is 1. The average molecular weight is 405 g/mol. The number of nitrogens with zero attached hydrogens (tertiary/aromatic N) is 2. The van der Waals surface area contributed by atoms with Crippen LogP contribution in [0, 0.1) is 0 Å². The molecule has 0 saturated carbocycles. The fraction of sp³-hybridized carbons (Fsp3) is 0.211. The SMILES string of the molecule is COc1ccc(CN2C(=O)C[C@@H](C(=O)O)SC2=Nc2ccc(Cl)cc2)cc1. The monoisotopic (exact) mass is 404 g/mol. The van der Waals surface area contributed by atoms with E-state index in [0.717, 1.165) is 23.1 Å². The Hall–Kier alpha value is -2.51. The number of methoxy groups -OCH3 is 1. The summed E-state index contributed by atoms with van der Waals surface area (Å²) in [6.45, 7) is 0.300. The number of amides is 1. The number of thioether (sulfide) groups is 1. The second-order valence-corrected chi connectivity index (χ2v) is 7.45. The van der Waals surface area contributed by atoms with Crippen molar-refractivity contribution in [1.82, 2.24) is 4.90 Å². The van der Waals surface area contributed by atoms with Gasteiger partial charge < -0.3 is 9.84 Å². The molecule has 0 bridgehead atoms. The van der Waals surface area contributed by atoms with Gasteiger partial charge in [0.1, 0.15) is 11.0 Å². The van der Waals surface area contributed by atoms with E-state index in [4.69, 9.17) is 16.3 Å². The fourth-order valence-corrected chi connectivity index (χ4v) is 3.69. The fourth-order valence-electron chi connectivity index (χ4n) is 2.53. The first-order valence-electron chi connectivity index (χ1n) is 8.13. The van der Waals surface area contributed by atoms with Crippen molar-refractivity contribution < 1.29 is 19.4 Å². The van der Waals surface area contributed by atoms with Crippen LogP contribution in [0.1, 0.15) is 12.0 Å². The van der Waals surface area contributed by atoms with Gasteiger partial charge >= 0.3 is 5.97 Å².